The Morgan fingerprint density at radius 2 is 2.23 bits per heavy atom. The summed E-state index contributed by atoms with van der Waals surface area (Å²) >= 11 is 9.32. The Labute approximate surface area is 89.1 Å². The van der Waals surface area contributed by atoms with Crippen LogP contribution in [0.25, 0.3) is 11.3 Å². The largest absolute Gasteiger partial charge is 0.345 e. The van der Waals surface area contributed by atoms with Gasteiger partial charge in [0.05, 0.1) is 18.2 Å². The monoisotopic (exact) mass is 256 g/mol. The fourth-order valence-electron chi connectivity index (χ4n) is 1.11. The van der Waals surface area contributed by atoms with Gasteiger partial charge in [-0.05, 0) is 18.2 Å². The molecule has 0 fully saturated rings. The van der Waals surface area contributed by atoms with Gasteiger partial charge in [-0.15, -0.1) is 0 Å². The third-order valence-corrected chi connectivity index (χ3v) is 2.64. The molecule has 1 aromatic carbocycles. The molecule has 1 N–H and O–H groups in total. The molecule has 0 aliphatic carbocycles. The van der Waals surface area contributed by atoms with E-state index in [0.717, 1.165) is 15.7 Å². The minimum Gasteiger partial charge on any atom is -0.345 e. The maximum Gasteiger partial charge on any atom is 0.0924 e. The normalized spacial score (nSPS) is 10.3. The third-order valence-electron chi connectivity index (χ3n) is 1.72. The fraction of sp³-hybridized carbons (Fsp3) is 0. The van der Waals surface area contributed by atoms with Crippen LogP contribution < -0.4 is 0 Å². The molecule has 2 aromatic rings. The van der Waals surface area contributed by atoms with Gasteiger partial charge in [-0.2, -0.15) is 0 Å². The number of benzene rings is 1. The molecule has 0 radical (unpaired) electrons. The van der Waals surface area contributed by atoms with E-state index < -0.39 is 0 Å². The van der Waals surface area contributed by atoms with Crippen molar-refractivity contribution < 1.29 is 0 Å². The lowest BCUT2D eigenvalue weighted by atomic mass is 10.2. The van der Waals surface area contributed by atoms with Gasteiger partial charge >= 0.3 is 0 Å². The zero-order valence-corrected chi connectivity index (χ0v) is 8.93. The highest BCUT2D eigenvalue weighted by Gasteiger charge is 2.04. The van der Waals surface area contributed by atoms with Crippen molar-refractivity contribution in [2.45, 2.75) is 0 Å². The maximum atomic E-state index is 5.88. The molecular formula is C9H6BrClN2. The van der Waals surface area contributed by atoms with Gasteiger partial charge in [-0.3, -0.25) is 0 Å². The lowest BCUT2D eigenvalue weighted by molar-refractivity contribution is 1.31. The molecule has 1 heterocycles. The molecule has 0 saturated heterocycles. The molecule has 4 heteroatoms. The number of H-pyrrole nitrogens is 1. The highest BCUT2D eigenvalue weighted by molar-refractivity contribution is 9.10. The first-order chi connectivity index (χ1) is 6.27. The molecule has 0 bridgehead atoms. The number of imidazole rings is 1. The smallest absolute Gasteiger partial charge is 0.0924 e. The summed E-state index contributed by atoms with van der Waals surface area (Å²) in [6.07, 6.45) is 3.40. The van der Waals surface area contributed by atoms with Gasteiger partial charge in [0.25, 0.3) is 0 Å². The maximum absolute atomic E-state index is 5.88. The van der Waals surface area contributed by atoms with E-state index in [1.54, 1.807) is 12.5 Å². The Kier molecular flexibility index (Phi) is 2.38. The second-order valence-corrected chi connectivity index (χ2v) is 3.88. The van der Waals surface area contributed by atoms with Crippen LogP contribution in [0.1, 0.15) is 0 Å². The van der Waals surface area contributed by atoms with E-state index in [4.69, 9.17) is 11.6 Å². The molecule has 0 aliphatic heterocycles. The van der Waals surface area contributed by atoms with Crippen LogP contribution in [-0.4, -0.2) is 9.97 Å². The second kappa shape index (κ2) is 3.52. The van der Waals surface area contributed by atoms with Gasteiger partial charge in [0.1, 0.15) is 0 Å². The summed E-state index contributed by atoms with van der Waals surface area (Å²) in [5.74, 6) is 0. The third kappa shape index (κ3) is 1.76. The van der Waals surface area contributed by atoms with Crippen LogP contribution in [0.15, 0.2) is 35.2 Å². The Morgan fingerprint density at radius 1 is 1.38 bits per heavy atom. The molecule has 13 heavy (non-hydrogen) atoms. The zero-order valence-electron chi connectivity index (χ0n) is 6.59. The van der Waals surface area contributed by atoms with Crippen molar-refractivity contribution in [3.05, 3.63) is 40.2 Å². The quantitative estimate of drug-likeness (QED) is 0.832. The van der Waals surface area contributed by atoms with Gasteiger partial charge in [0.15, 0.2) is 0 Å². The predicted octanol–water partition coefficient (Wildman–Crippen LogP) is 3.49. The van der Waals surface area contributed by atoms with Crippen LogP contribution in [0.2, 0.25) is 5.02 Å². The number of nitrogens with zero attached hydrogens (tertiary/aromatic N) is 1. The van der Waals surface area contributed by atoms with Crippen molar-refractivity contribution in [2.75, 3.05) is 0 Å². The summed E-state index contributed by atoms with van der Waals surface area (Å²) in [6, 6.07) is 5.64. The first-order valence-corrected chi connectivity index (χ1v) is 4.88. The molecule has 2 nitrogen and oxygen atoms in total. The molecular weight excluding hydrogens is 251 g/mol. The van der Waals surface area contributed by atoms with Crippen molar-refractivity contribution in [3.63, 3.8) is 0 Å². The highest BCUT2D eigenvalue weighted by atomic mass is 79.9. The molecule has 0 amide bonds. The van der Waals surface area contributed by atoms with Crippen molar-refractivity contribution >= 4 is 27.5 Å². The van der Waals surface area contributed by atoms with Gasteiger partial charge < -0.3 is 4.98 Å². The number of nitrogens with one attached hydrogen (secondary N) is 1. The lowest BCUT2D eigenvalue weighted by Gasteiger charge is -2.01. The Hall–Kier alpha value is -0.800. The van der Waals surface area contributed by atoms with E-state index in [-0.39, 0.29) is 0 Å². The van der Waals surface area contributed by atoms with Crippen LogP contribution in [0.3, 0.4) is 0 Å². The Morgan fingerprint density at radius 3 is 2.92 bits per heavy atom. The number of aromatic nitrogens is 2. The molecule has 0 aliphatic rings. The number of halogens is 2. The van der Waals surface area contributed by atoms with E-state index in [9.17, 15) is 0 Å². The molecule has 0 saturated carbocycles. The summed E-state index contributed by atoms with van der Waals surface area (Å²) in [5.41, 5.74) is 1.97. The number of rotatable bonds is 1. The van der Waals surface area contributed by atoms with E-state index in [2.05, 4.69) is 25.9 Å². The fourth-order valence-corrected chi connectivity index (χ4v) is 1.74. The summed E-state index contributed by atoms with van der Waals surface area (Å²) in [4.78, 5) is 6.97. The van der Waals surface area contributed by atoms with E-state index in [1.165, 1.54) is 0 Å². The van der Waals surface area contributed by atoms with E-state index in [1.807, 2.05) is 18.2 Å². The summed E-state index contributed by atoms with van der Waals surface area (Å²) in [6.45, 7) is 0. The van der Waals surface area contributed by atoms with Crippen molar-refractivity contribution in [3.8, 4) is 11.3 Å². The molecule has 2 rings (SSSR count). The average molecular weight is 258 g/mol. The molecule has 66 valence electrons. The second-order valence-electron chi connectivity index (χ2n) is 2.59. The summed E-state index contributed by atoms with van der Waals surface area (Å²) in [5, 5.41) is 0.716. The zero-order chi connectivity index (χ0) is 9.26. The first kappa shape index (κ1) is 8.78. The standard InChI is InChI=1S/C9H6BrClN2/c10-8-2-1-6(11)3-7(8)9-4-12-5-13-9/h1-5H,(H,12,13). The SMILES string of the molecule is Clc1ccc(Br)c(-c2cnc[nH]2)c1. The van der Waals surface area contributed by atoms with Gasteiger partial charge in [0, 0.05) is 15.1 Å². The van der Waals surface area contributed by atoms with Crippen molar-refractivity contribution in [1.29, 1.82) is 0 Å². The average Bonchev–Trinajstić information content (AvgIpc) is 2.61. The Bertz CT molecular complexity index is 412. The molecule has 1 aromatic heterocycles. The molecule has 0 unspecified atom stereocenters. The number of hydrogen-bond donors (Lipinski definition) is 1. The summed E-state index contributed by atoms with van der Waals surface area (Å²) < 4.78 is 1.00. The minimum absolute atomic E-state index is 0.716. The predicted molar refractivity (Wildman–Crippen MR) is 56.7 cm³/mol. The highest BCUT2D eigenvalue weighted by Crippen LogP contribution is 2.28. The Balaban J connectivity index is 2.57. The topological polar surface area (TPSA) is 28.7 Å². The van der Waals surface area contributed by atoms with Gasteiger partial charge in [-0.25, -0.2) is 4.98 Å². The van der Waals surface area contributed by atoms with Gasteiger partial charge in [0.2, 0.25) is 0 Å². The lowest BCUT2D eigenvalue weighted by Crippen LogP contribution is -1.79. The minimum atomic E-state index is 0.716. The van der Waals surface area contributed by atoms with Crippen LogP contribution in [0.5, 0.6) is 0 Å². The first-order valence-electron chi connectivity index (χ1n) is 3.71. The van der Waals surface area contributed by atoms with Crippen molar-refractivity contribution in [1.82, 2.24) is 9.97 Å². The summed E-state index contributed by atoms with van der Waals surface area (Å²) in [7, 11) is 0. The number of hydrogen-bond acceptors (Lipinski definition) is 1. The molecule has 0 spiro atoms. The molecule has 0 atom stereocenters. The van der Waals surface area contributed by atoms with E-state index in [0.29, 0.717) is 5.02 Å². The number of aromatic amines is 1. The van der Waals surface area contributed by atoms with Crippen molar-refractivity contribution in [2.24, 2.45) is 0 Å². The van der Waals surface area contributed by atoms with E-state index >= 15 is 0 Å². The van der Waals surface area contributed by atoms with Gasteiger partial charge in [-0.1, -0.05) is 27.5 Å². The van der Waals surface area contributed by atoms with Crippen LogP contribution in [0.4, 0.5) is 0 Å². The van der Waals surface area contributed by atoms with Crippen LogP contribution in [-0.2, 0) is 0 Å². The van der Waals surface area contributed by atoms with Crippen LogP contribution in [0, 0.1) is 0 Å². The van der Waals surface area contributed by atoms with Crippen LogP contribution >= 0.6 is 27.5 Å².